The van der Waals surface area contributed by atoms with E-state index in [2.05, 4.69) is 15.5 Å². The summed E-state index contributed by atoms with van der Waals surface area (Å²) < 4.78 is 18.8. The van der Waals surface area contributed by atoms with E-state index in [-0.39, 0.29) is 11.6 Å². The van der Waals surface area contributed by atoms with Crippen LogP contribution in [0.15, 0.2) is 34.7 Å². The largest absolute Gasteiger partial charge is 0.451 e. The summed E-state index contributed by atoms with van der Waals surface area (Å²) >= 11 is 1.77. The minimum Gasteiger partial charge on any atom is -0.451 e. The molecule has 1 aliphatic heterocycles. The lowest BCUT2D eigenvalue weighted by atomic mass is 9.93. The summed E-state index contributed by atoms with van der Waals surface area (Å²) in [5.74, 6) is 0.898. The molecule has 0 unspecified atom stereocenters. The van der Waals surface area contributed by atoms with Crippen LogP contribution in [-0.4, -0.2) is 36.7 Å². The van der Waals surface area contributed by atoms with Crippen molar-refractivity contribution in [2.75, 3.05) is 25.7 Å². The first-order valence-electron chi connectivity index (χ1n) is 8.52. The summed E-state index contributed by atoms with van der Waals surface area (Å²) in [5, 5.41) is 10.9. The van der Waals surface area contributed by atoms with Gasteiger partial charge in [0.15, 0.2) is 0 Å². The second kappa shape index (κ2) is 9.89. The molecule has 1 aromatic heterocycles. The number of rotatable bonds is 5. The Bertz CT molecular complexity index is 741. The zero-order chi connectivity index (χ0) is 19.9. The maximum atomic E-state index is 13.1. The Morgan fingerprint density at radius 2 is 1.93 bits per heavy atom. The Kier molecular flexibility index (Phi) is 7.85. The highest BCUT2D eigenvalue weighted by Gasteiger charge is 2.37. The Morgan fingerprint density at radius 3 is 2.52 bits per heavy atom. The first-order valence-corrected chi connectivity index (χ1v) is 9.68. The quantitative estimate of drug-likeness (QED) is 0.591. The zero-order valence-corrected chi connectivity index (χ0v) is 16.2. The van der Waals surface area contributed by atoms with Gasteiger partial charge in [-0.3, -0.25) is 4.89 Å². The van der Waals surface area contributed by atoms with Gasteiger partial charge in [-0.2, -0.15) is 16.6 Å². The van der Waals surface area contributed by atoms with Gasteiger partial charge in [0.05, 0.1) is 7.11 Å². The van der Waals surface area contributed by atoms with Crippen molar-refractivity contribution in [3.8, 4) is 0 Å². The molecule has 27 heavy (non-hydrogen) atoms. The van der Waals surface area contributed by atoms with E-state index in [1.165, 1.54) is 26.3 Å². The number of aliphatic hydroxyl groups is 1. The van der Waals surface area contributed by atoms with Crippen molar-refractivity contribution in [3.05, 3.63) is 58.8 Å². The molecular weight excluding hydrogens is 373 g/mol. The van der Waals surface area contributed by atoms with Crippen LogP contribution in [0.2, 0.25) is 0 Å². The maximum absolute atomic E-state index is 13.1. The van der Waals surface area contributed by atoms with Gasteiger partial charge in [0, 0.05) is 12.0 Å². The number of thioether (sulfide) groups is 1. The van der Waals surface area contributed by atoms with Gasteiger partial charge < -0.3 is 15.3 Å². The summed E-state index contributed by atoms with van der Waals surface area (Å²) in [6.45, 7) is 0. The number of hydrogen-bond donors (Lipinski definition) is 2. The van der Waals surface area contributed by atoms with Crippen LogP contribution < -0.4 is 5.73 Å². The molecule has 3 N–H and O–H groups in total. The van der Waals surface area contributed by atoms with Crippen LogP contribution in [-0.2, 0) is 21.8 Å². The molecule has 0 radical (unpaired) electrons. The number of nitrogens with two attached hydrogens (primary N) is 1. The average molecular weight is 397 g/mol. The molecule has 1 fully saturated rings. The normalized spacial score (nSPS) is 15.6. The van der Waals surface area contributed by atoms with Gasteiger partial charge in [-0.25, -0.2) is 9.18 Å². The summed E-state index contributed by atoms with van der Waals surface area (Å²) in [6.07, 6.45) is 1.46. The summed E-state index contributed by atoms with van der Waals surface area (Å²) in [6, 6.07) is 7.68. The van der Waals surface area contributed by atoms with Crippen molar-refractivity contribution < 1.29 is 28.5 Å². The molecular formula is C19H24FNO5S. The van der Waals surface area contributed by atoms with Crippen LogP contribution in [0, 0.1) is 5.82 Å². The van der Waals surface area contributed by atoms with Gasteiger partial charge in [-0.1, -0.05) is 12.1 Å². The standard InChI is InChI=1S/C18H19FO5S.CH5N/c1-22-24-17(20)16-13(10-12-2-4-14(19)5-3-12)11-15(23-16)18(21)6-8-25-9-7-18;1-2/h2-5,11,21H,6-10H2,1H3;2H2,1H3. The molecule has 1 aliphatic rings. The highest BCUT2D eigenvalue weighted by Crippen LogP contribution is 2.38. The molecule has 0 saturated carbocycles. The fourth-order valence-electron chi connectivity index (χ4n) is 2.85. The van der Waals surface area contributed by atoms with Gasteiger partial charge >= 0.3 is 5.97 Å². The predicted molar refractivity (Wildman–Crippen MR) is 101 cm³/mol. The molecule has 148 valence electrons. The summed E-state index contributed by atoms with van der Waals surface area (Å²) in [4.78, 5) is 21.1. The number of hydrogen-bond acceptors (Lipinski definition) is 7. The van der Waals surface area contributed by atoms with Crippen LogP contribution in [0.5, 0.6) is 0 Å². The minimum atomic E-state index is -1.09. The molecule has 1 aromatic carbocycles. The van der Waals surface area contributed by atoms with Gasteiger partial charge in [0.1, 0.15) is 17.2 Å². The molecule has 0 atom stereocenters. The lowest BCUT2D eigenvalue weighted by Gasteiger charge is -2.29. The lowest BCUT2D eigenvalue weighted by Crippen LogP contribution is -2.30. The molecule has 1 saturated heterocycles. The van der Waals surface area contributed by atoms with E-state index in [9.17, 15) is 14.3 Å². The number of carbonyl (C=O) groups is 1. The second-order valence-corrected chi connectivity index (χ2v) is 7.17. The Hall–Kier alpha value is -1.87. The number of furan rings is 1. The molecule has 0 spiro atoms. The number of benzene rings is 1. The fraction of sp³-hybridized carbons (Fsp3) is 0.421. The van der Waals surface area contributed by atoms with Gasteiger partial charge in [0.2, 0.25) is 5.76 Å². The van der Waals surface area contributed by atoms with E-state index in [4.69, 9.17) is 4.42 Å². The van der Waals surface area contributed by atoms with Crippen LogP contribution in [0.25, 0.3) is 0 Å². The lowest BCUT2D eigenvalue weighted by molar-refractivity contribution is -0.217. The molecule has 0 aliphatic carbocycles. The molecule has 0 amide bonds. The highest BCUT2D eigenvalue weighted by molar-refractivity contribution is 7.99. The first kappa shape index (κ1) is 21.4. The Morgan fingerprint density at radius 1 is 1.30 bits per heavy atom. The van der Waals surface area contributed by atoms with Crippen molar-refractivity contribution in [3.63, 3.8) is 0 Å². The smallest absolute Gasteiger partial charge is 0.408 e. The number of carbonyl (C=O) groups excluding carboxylic acids is 1. The van der Waals surface area contributed by atoms with Crippen LogP contribution >= 0.6 is 11.8 Å². The molecule has 6 nitrogen and oxygen atoms in total. The van der Waals surface area contributed by atoms with Crippen molar-refractivity contribution in [1.82, 2.24) is 0 Å². The first-order chi connectivity index (χ1) is 13.0. The molecule has 2 heterocycles. The third kappa shape index (κ3) is 5.32. The minimum absolute atomic E-state index is 0.00664. The van der Waals surface area contributed by atoms with E-state index in [1.54, 1.807) is 30.0 Å². The topological polar surface area (TPSA) is 94.9 Å². The Labute approximate surface area is 161 Å². The monoisotopic (exact) mass is 397 g/mol. The van der Waals surface area contributed by atoms with Crippen molar-refractivity contribution >= 4 is 17.7 Å². The highest BCUT2D eigenvalue weighted by atomic mass is 32.2. The third-order valence-electron chi connectivity index (χ3n) is 4.24. The second-order valence-electron chi connectivity index (χ2n) is 5.95. The molecule has 2 aromatic rings. The third-order valence-corrected chi connectivity index (χ3v) is 5.23. The molecule has 0 bridgehead atoms. The molecule has 3 rings (SSSR count). The van der Waals surface area contributed by atoms with E-state index in [0.717, 1.165) is 17.1 Å². The van der Waals surface area contributed by atoms with Crippen LogP contribution in [0.3, 0.4) is 0 Å². The fourth-order valence-corrected chi connectivity index (χ4v) is 4.02. The van der Waals surface area contributed by atoms with E-state index in [1.807, 2.05) is 0 Å². The van der Waals surface area contributed by atoms with Crippen LogP contribution in [0.4, 0.5) is 4.39 Å². The van der Waals surface area contributed by atoms with Crippen molar-refractivity contribution in [1.29, 1.82) is 0 Å². The molecule has 8 heteroatoms. The van der Waals surface area contributed by atoms with Gasteiger partial charge in [-0.15, -0.1) is 0 Å². The SMILES string of the molecule is CN.COOC(=O)c1oc(C2(O)CCSCC2)cc1Cc1ccc(F)cc1. The average Bonchev–Trinajstić information content (AvgIpc) is 3.11. The van der Waals surface area contributed by atoms with E-state index in [0.29, 0.717) is 30.6 Å². The van der Waals surface area contributed by atoms with Gasteiger partial charge in [0.25, 0.3) is 0 Å². The summed E-state index contributed by atoms with van der Waals surface area (Å²) in [7, 11) is 2.73. The zero-order valence-electron chi connectivity index (χ0n) is 15.4. The van der Waals surface area contributed by atoms with E-state index >= 15 is 0 Å². The van der Waals surface area contributed by atoms with Crippen LogP contribution in [0.1, 0.15) is 40.3 Å². The van der Waals surface area contributed by atoms with Crippen molar-refractivity contribution in [2.24, 2.45) is 5.73 Å². The Balaban J connectivity index is 0.00000126. The maximum Gasteiger partial charge on any atom is 0.408 e. The summed E-state index contributed by atoms with van der Waals surface area (Å²) in [5.41, 5.74) is 4.79. The van der Waals surface area contributed by atoms with E-state index < -0.39 is 11.6 Å². The van der Waals surface area contributed by atoms with Gasteiger partial charge in [-0.05, 0) is 55.2 Å². The predicted octanol–water partition coefficient (Wildman–Crippen LogP) is 3.02. The number of halogens is 1. The van der Waals surface area contributed by atoms with Crippen molar-refractivity contribution in [2.45, 2.75) is 24.9 Å².